The van der Waals surface area contributed by atoms with Crippen LogP contribution in [0, 0.1) is 5.92 Å². The molecular weight excluding hydrogens is 390 g/mol. The molecule has 0 saturated heterocycles. The first-order valence-electron chi connectivity index (χ1n) is 10.8. The maximum atomic E-state index is 12.5. The number of amides is 3. The van der Waals surface area contributed by atoms with Gasteiger partial charge in [-0.3, -0.25) is 14.4 Å². The van der Waals surface area contributed by atoms with E-state index in [4.69, 9.17) is 0 Å². The number of fused-ring (bicyclic) bond motifs is 1. The van der Waals surface area contributed by atoms with Crippen LogP contribution in [0.1, 0.15) is 59.1 Å². The van der Waals surface area contributed by atoms with Crippen molar-refractivity contribution < 1.29 is 14.4 Å². The van der Waals surface area contributed by atoms with Gasteiger partial charge in [-0.25, -0.2) is 0 Å². The first kappa shape index (κ1) is 22.5. The van der Waals surface area contributed by atoms with Crippen molar-refractivity contribution in [1.29, 1.82) is 0 Å². The fourth-order valence-corrected chi connectivity index (χ4v) is 4.26. The molecule has 164 valence electrons. The van der Waals surface area contributed by atoms with Crippen LogP contribution in [0.15, 0.2) is 42.5 Å². The average Bonchev–Trinajstić information content (AvgIpc) is 2.66. The minimum absolute atomic E-state index is 0.0108. The minimum atomic E-state index is -0.162. The predicted molar refractivity (Wildman–Crippen MR) is 124 cm³/mol. The second-order valence-corrected chi connectivity index (χ2v) is 8.73. The normalized spacial score (nSPS) is 17.8. The van der Waals surface area contributed by atoms with E-state index < -0.39 is 0 Å². The molecule has 1 heterocycles. The van der Waals surface area contributed by atoms with Crippen molar-refractivity contribution >= 4 is 29.1 Å². The molecule has 2 N–H and O–H groups in total. The molecule has 2 aromatic carbocycles. The van der Waals surface area contributed by atoms with Crippen LogP contribution >= 0.6 is 0 Å². The number of nitrogens with one attached hydrogen (secondary N) is 2. The van der Waals surface area contributed by atoms with Crippen LogP contribution in [-0.4, -0.2) is 23.8 Å². The third kappa shape index (κ3) is 5.32. The molecule has 6 heteroatoms. The van der Waals surface area contributed by atoms with Gasteiger partial charge in [0.05, 0.1) is 6.04 Å². The first-order valence-corrected chi connectivity index (χ1v) is 10.8. The second kappa shape index (κ2) is 9.33. The molecular formula is C25H31N3O3. The molecule has 1 aliphatic rings. The van der Waals surface area contributed by atoms with E-state index in [-0.39, 0.29) is 35.7 Å². The fraction of sp³-hybridized carbons (Fsp3) is 0.400. The Bertz CT molecular complexity index is 999. The maximum absolute atomic E-state index is 12.5. The smallest absolute Gasteiger partial charge is 0.224 e. The van der Waals surface area contributed by atoms with Crippen molar-refractivity contribution in [3.05, 3.63) is 48.0 Å². The highest BCUT2D eigenvalue weighted by molar-refractivity contribution is 5.95. The average molecular weight is 422 g/mol. The molecule has 3 rings (SSSR count). The zero-order valence-corrected chi connectivity index (χ0v) is 18.9. The summed E-state index contributed by atoms with van der Waals surface area (Å²) in [6.07, 6.45) is 1.13. The van der Waals surface area contributed by atoms with Crippen molar-refractivity contribution in [1.82, 2.24) is 5.32 Å². The van der Waals surface area contributed by atoms with E-state index in [1.165, 1.54) is 6.92 Å². The highest BCUT2D eigenvalue weighted by Crippen LogP contribution is 2.40. The van der Waals surface area contributed by atoms with Gasteiger partial charge in [0.1, 0.15) is 0 Å². The lowest BCUT2D eigenvalue weighted by Gasteiger charge is -2.39. The summed E-state index contributed by atoms with van der Waals surface area (Å²) in [7, 11) is 0. The molecule has 0 bridgehead atoms. The lowest BCUT2D eigenvalue weighted by molar-refractivity contribution is -0.122. The molecule has 0 aliphatic carbocycles. The van der Waals surface area contributed by atoms with E-state index in [1.807, 2.05) is 63.2 Å². The van der Waals surface area contributed by atoms with Gasteiger partial charge in [-0.2, -0.15) is 0 Å². The molecule has 1 aliphatic heterocycles. The van der Waals surface area contributed by atoms with Gasteiger partial charge in [-0.1, -0.05) is 32.0 Å². The largest absolute Gasteiger partial charge is 0.349 e. The van der Waals surface area contributed by atoms with Crippen LogP contribution < -0.4 is 15.5 Å². The topological polar surface area (TPSA) is 78.5 Å². The number of hydrogen-bond acceptors (Lipinski definition) is 3. The number of anilines is 2. The quantitative estimate of drug-likeness (QED) is 0.737. The zero-order chi connectivity index (χ0) is 22.7. The number of carbonyl (C=O) groups excluding carboxylic acids is 3. The van der Waals surface area contributed by atoms with E-state index in [0.29, 0.717) is 12.8 Å². The number of benzene rings is 2. The zero-order valence-electron chi connectivity index (χ0n) is 18.9. The minimum Gasteiger partial charge on any atom is -0.349 e. The third-order valence-electron chi connectivity index (χ3n) is 5.46. The highest BCUT2D eigenvalue weighted by atomic mass is 16.2. The molecule has 6 nitrogen and oxygen atoms in total. The van der Waals surface area contributed by atoms with Crippen LogP contribution in [0.25, 0.3) is 11.1 Å². The van der Waals surface area contributed by atoms with Crippen molar-refractivity contribution in [2.45, 2.75) is 59.5 Å². The van der Waals surface area contributed by atoms with E-state index in [1.54, 1.807) is 11.8 Å². The molecule has 3 amide bonds. The molecule has 0 aromatic heterocycles. The Kier molecular flexibility index (Phi) is 6.78. The summed E-state index contributed by atoms with van der Waals surface area (Å²) in [5.41, 5.74) is 4.42. The predicted octanol–water partition coefficient (Wildman–Crippen LogP) is 4.66. The van der Waals surface area contributed by atoms with Gasteiger partial charge in [0.15, 0.2) is 0 Å². The Balaban J connectivity index is 2.02. The summed E-state index contributed by atoms with van der Waals surface area (Å²) in [4.78, 5) is 38.1. The standard InChI is InChI=1S/C25H31N3O3/c1-15(2)11-25(31)27-23-12-16(3)28(18(5)30)24-10-9-20(14-22(23)24)19-7-6-8-21(13-19)26-17(4)29/h6-10,13-16,23H,11-12H2,1-5H3,(H,26,29)(H,27,31)/t16-,23+/m0/s1. The van der Waals surface area contributed by atoms with Gasteiger partial charge in [0.25, 0.3) is 0 Å². The SMILES string of the molecule is CC(=O)Nc1cccc(-c2ccc3c(c2)[C@H](NC(=O)CC(C)C)C[C@H](C)N3C(C)=O)c1. The molecule has 0 saturated carbocycles. The summed E-state index contributed by atoms with van der Waals surface area (Å²) in [5.74, 6) is 0.159. The van der Waals surface area contributed by atoms with Crippen LogP contribution in [0.2, 0.25) is 0 Å². The van der Waals surface area contributed by atoms with Gasteiger partial charge < -0.3 is 15.5 Å². The van der Waals surface area contributed by atoms with E-state index in [9.17, 15) is 14.4 Å². The summed E-state index contributed by atoms with van der Waals surface area (Å²) in [5, 5.41) is 5.99. The Morgan fingerprint density at radius 3 is 2.42 bits per heavy atom. The number of rotatable bonds is 5. The molecule has 2 aromatic rings. The van der Waals surface area contributed by atoms with Gasteiger partial charge in [-0.05, 0) is 60.2 Å². The summed E-state index contributed by atoms with van der Waals surface area (Å²) in [6, 6.07) is 13.4. The van der Waals surface area contributed by atoms with Crippen LogP contribution in [0.4, 0.5) is 11.4 Å². The van der Waals surface area contributed by atoms with Crippen LogP contribution in [0.3, 0.4) is 0 Å². The van der Waals surface area contributed by atoms with E-state index in [2.05, 4.69) is 10.6 Å². The lowest BCUT2D eigenvalue weighted by atomic mass is 9.88. The summed E-state index contributed by atoms with van der Waals surface area (Å²) < 4.78 is 0. The molecule has 2 atom stereocenters. The monoisotopic (exact) mass is 421 g/mol. The van der Waals surface area contributed by atoms with Gasteiger partial charge in [0.2, 0.25) is 17.7 Å². The Hall–Kier alpha value is -3.15. The third-order valence-corrected chi connectivity index (χ3v) is 5.46. The van der Waals surface area contributed by atoms with Crippen LogP contribution in [-0.2, 0) is 14.4 Å². The van der Waals surface area contributed by atoms with Crippen molar-refractivity contribution in [3.8, 4) is 11.1 Å². The van der Waals surface area contributed by atoms with E-state index in [0.717, 1.165) is 28.1 Å². The molecule has 0 unspecified atom stereocenters. The molecule has 0 fully saturated rings. The summed E-state index contributed by atoms with van der Waals surface area (Å²) in [6.45, 7) is 9.11. The number of nitrogens with zero attached hydrogens (tertiary/aromatic N) is 1. The van der Waals surface area contributed by atoms with Gasteiger partial charge in [0, 0.05) is 37.7 Å². The number of hydrogen-bond donors (Lipinski definition) is 2. The Labute approximate surface area is 184 Å². The molecule has 0 radical (unpaired) electrons. The molecule has 31 heavy (non-hydrogen) atoms. The van der Waals surface area contributed by atoms with Gasteiger partial charge >= 0.3 is 0 Å². The van der Waals surface area contributed by atoms with Crippen molar-refractivity contribution in [2.24, 2.45) is 5.92 Å². The highest BCUT2D eigenvalue weighted by Gasteiger charge is 2.33. The number of carbonyl (C=O) groups is 3. The maximum Gasteiger partial charge on any atom is 0.224 e. The first-order chi connectivity index (χ1) is 14.7. The lowest BCUT2D eigenvalue weighted by Crippen LogP contribution is -2.45. The second-order valence-electron chi connectivity index (χ2n) is 8.73. The molecule has 0 spiro atoms. The summed E-state index contributed by atoms with van der Waals surface area (Å²) >= 11 is 0. The van der Waals surface area contributed by atoms with E-state index >= 15 is 0 Å². The fourth-order valence-electron chi connectivity index (χ4n) is 4.26. The Morgan fingerprint density at radius 1 is 1.06 bits per heavy atom. The van der Waals surface area contributed by atoms with Crippen molar-refractivity contribution in [2.75, 3.05) is 10.2 Å². The van der Waals surface area contributed by atoms with Crippen molar-refractivity contribution in [3.63, 3.8) is 0 Å². The Morgan fingerprint density at radius 2 is 1.77 bits per heavy atom. The van der Waals surface area contributed by atoms with Crippen LogP contribution in [0.5, 0.6) is 0 Å². The van der Waals surface area contributed by atoms with Gasteiger partial charge in [-0.15, -0.1) is 0 Å².